The number of aromatic nitrogens is 3. The van der Waals surface area contributed by atoms with Gasteiger partial charge in [-0.05, 0) is 19.1 Å². The van der Waals surface area contributed by atoms with E-state index >= 15 is 0 Å². The van der Waals surface area contributed by atoms with Crippen molar-refractivity contribution in [3.8, 4) is 11.5 Å². The van der Waals surface area contributed by atoms with Crippen LogP contribution >= 0.6 is 11.8 Å². The van der Waals surface area contributed by atoms with Gasteiger partial charge in [0.25, 0.3) is 0 Å². The van der Waals surface area contributed by atoms with Crippen LogP contribution in [0.15, 0.2) is 40.9 Å². The van der Waals surface area contributed by atoms with E-state index in [1.54, 1.807) is 17.0 Å². The molecule has 32 heavy (non-hydrogen) atoms. The lowest BCUT2D eigenvalue weighted by Gasteiger charge is -2.34. The SMILES string of the molecule is C=CCn1c(C)nnc1SCC(=O)N1CCN(S(=O)(=O)c2ccc3c(c2)OCCO3)CC1. The fourth-order valence-electron chi connectivity index (χ4n) is 3.54. The van der Waals surface area contributed by atoms with Gasteiger partial charge in [-0.25, -0.2) is 8.42 Å². The minimum Gasteiger partial charge on any atom is -0.486 e. The van der Waals surface area contributed by atoms with Crippen LogP contribution in [0.2, 0.25) is 0 Å². The molecule has 0 radical (unpaired) electrons. The fourth-order valence-corrected chi connectivity index (χ4v) is 5.87. The zero-order valence-corrected chi connectivity index (χ0v) is 19.4. The summed E-state index contributed by atoms with van der Waals surface area (Å²) in [6, 6.07) is 4.64. The van der Waals surface area contributed by atoms with Gasteiger partial charge in [0, 0.05) is 38.8 Å². The maximum atomic E-state index is 13.1. The molecule has 1 fully saturated rings. The molecular formula is C20H25N5O5S2. The fraction of sp³-hybridized carbons (Fsp3) is 0.450. The summed E-state index contributed by atoms with van der Waals surface area (Å²) in [6.07, 6.45) is 1.75. The first-order valence-electron chi connectivity index (χ1n) is 10.2. The van der Waals surface area contributed by atoms with E-state index in [0.29, 0.717) is 49.5 Å². The molecule has 2 aliphatic rings. The van der Waals surface area contributed by atoms with Gasteiger partial charge >= 0.3 is 0 Å². The summed E-state index contributed by atoms with van der Waals surface area (Å²) in [4.78, 5) is 14.5. The average molecular weight is 480 g/mol. The molecule has 2 aliphatic heterocycles. The standard InChI is InChI=1S/C20H25N5O5S2/c1-3-6-25-15(2)21-22-20(25)31-14-19(26)23-7-9-24(10-8-23)32(27,28)16-4-5-17-18(13-16)30-12-11-29-17/h3-5,13H,1,6-12,14H2,2H3. The van der Waals surface area contributed by atoms with E-state index in [0.717, 1.165) is 5.82 Å². The van der Waals surface area contributed by atoms with Gasteiger partial charge < -0.3 is 18.9 Å². The predicted molar refractivity (Wildman–Crippen MR) is 118 cm³/mol. The monoisotopic (exact) mass is 479 g/mol. The van der Waals surface area contributed by atoms with Crippen LogP contribution in [0.5, 0.6) is 11.5 Å². The third kappa shape index (κ3) is 4.62. The van der Waals surface area contributed by atoms with Crippen molar-refractivity contribution in [1.82, 2.24) is 24.0 Å². The molecule has 0 spiro atoms. The van der Waals surface area contributed by atoms with E-state index in [1.165, 1.54) is 28.2 Å². The smallest absolute Gasteiger partial charge is 0.243 e. The number of hydrogen-bond donors (Lipinski definition) is 0. The first kappa shape index (κ1) is 22.6. The van der Waals surface area contributed by atoms with E-state index in [1.807, 2.05) is 11.5 Å². The molecule has 1 amide bonds. The van der Waals surface area contributed by atoms with Crippen molar-refractivity contribution in [1.29, 1.82) is 0 Å². The summed E-state index contributed by atoms with van der Waals surface area (Å²) in [7, 11) is -3.69. The Balaban J connectivity index is 1.34. The molecule has 1 saturated heterocycles. The number of rotatable bonds is 7. The molecule has 0 unspecified atom stereocenters. The maximum Gasteiger partial charge on any atom is 0.243 e. The van der Waals surface area contributed by atoms with Crippen LogP contribution in [0.3, 0.4) is 0 Å². The van der Waals surface area contributed by atoms with E-state index in [4.69, 9.17) is 9.47 Å². The third-order valence-corrected chi connectivity index (χ3v) is 8.13. The number of nitrogens with zero attached hydrogens (tertiary/aromatic N) is 5. The molecular weight excluding hydrogens is 454 g/mol. The lowest BCUT2D eigenvalue weighted by molar-refractivity contribution is -0.129. The zero-order chi connectivity index (χ0) is 22.7. The summed E-state index contributed by atoms with van der Waals surface area (Å²) in [5, 5.41) is 8.82. The van der Waals surface area contributed by atoms with E-state index in [2.05, 4.69) is 16.8 Å². The molecule has 4 rings (SSSR count). The van der Waals surface area contributed by atoms with Gasteiger partial charge in [0.15, 0.2) is 16.7 Å². The molecule has 12 heteroatoms. The highest BCUT2D eigenvalue weighted by Crippen LogP contribution is 2.33. The Kier molecular flexibility index (Phi) is 6.72. The van der Waals surface area contributed by atoms with E-state index < -0.39 is 10.0 Å². The number of allylic oxidation sites excluding steroid dienone is 1. The van der Waals surface area contributed by atoms with Gasteiger partial charge in [0.05, 0.1) is 10.6 Å². The van der Waals surface area contributed by atoms with E-state index in [9.17, 15) is 13.2 Å². The molecule has 0 saturated carbocycles. The number of amides is 1. The van der Waals surface area contributed by atoms with Crippen LogP contribution in [0, 0.1) is 6.92 Å². The number of ether oxygens (including phenoxy) is 2. The number of piperazine rings is 1. The van der Waals surface area contributed by atoms with Crippen LogP contribution in [0.25, 0.3) is 0 Å². The van der Waals surface area contributed by atoms with Crippen molar-refractivity contribution in [3.63, 3.8) is 0 Å². The van der Waals surface area contributed by atoms with Crippen molar-refractivity contribution in [2.45, 2.75) is 23.5 Å². The van der Waals surface area contributed by atoms with Crippen LogP contribution in [-0.2, 0) is 21.4 Å². The molecule has 0 aliphatic carbocycles. The van der Waals surface area contributed by atoms with E-state index in [-0.39, 0.29) is 29.6 Å². The molecule has 0 N–H and O–H groups in total. The lowest BCUT2D eigenvalue weighted by Crippen LogP contribution is -2.51. The summed E-state index contributed by atoms with van der Waals surface area (Å²) in [5.41, 5.74) is 0. The van der Waals surface area contributed by atoms with Gasteiger partial charge in [-0.1, -0.05) is 17.8 Å². The molecule has 10 nitrogen and oxygen atoms in total. The highest BCUT2D eigenvalue weighted by atomic mass is 32.2. The second-order valence-electron chi connectivity index (χ2n) is 7.31. The Bertz CT molecular complexity index is 1110. The second-order valence-corrected chi connectivity index (χ2v) is 10.2. The first-order valence-corrected chi connectivity index (χ1v) is 12.6. The number of carbonyl (C=O) groups excluding carboxylic acids is 1. The van der Waals surface area contributed by atoms with Crippen molar-refractivity contribution >= 4 is 27.7 Å². The van der Waals surface area contributed by atoms with Crippen LogP contribution < -0.4 is 9.47 Å². The maximum absolute atomic E-state index is 13.1. The number of carbonyl (C=O) groups is 1. The number of aryl methyl sites for hydroxylation is 1. The molecule has 1 aromatic heterocycles. The molecule has 172 valence electrons. The number of fused-ring (bicyclic) bond motifs is 1. The van der Waals surface area contributed by atoms with Crippen molar-refractivity contribution in [2.24, 2.45) is 0 Å². The molecule has 0 atom stereocenters. The second kappa shape index (κ2) is 9.51. The zero-order valence-electron chi connectivity index (χ0n) is 17.8. The summed E-state index contributed by atoms with van der Waals surface area (Å²) < 4.78 is 40.4. The Morgan fingerprint density at radius 2 is 1.88 bits per heavy atom. The number of hydrogen-bond acceptors (Lipinski definition) is 8. The lowest BCUT2D eigenvalue weighted by atomic mass is 10.3. The normalized spacial score (nSPS) is 16.7. The average Bonchev–Trinajstić information content (AvgIpc) is 3.16. The summed E-state index contributed by atoms with van der Waals surface area (Å²) >= 11 is 1.32. The van der Waals surface area contributed by atoms with Crippen molar-refractivity contribution < 1.29 is 22.7 Å². The minimum absolute atomic E-state index is 0.0582. The number of benzene rings is 1. The molecule has 0 bridgehead atoms. The number of thioether (sulfide) groups is 1. The number of sulfonamides is 1. The summed E-state index contributed by atoms with van der Waals surface area (Å²) in [5.74, 6) is 1.89. The highest BCUT2D eigenvalue weighted by Gasteiger charge is 2.31. The van der Waals surface area contributed by atoms with Crippen LogP contribution in [0.1, 0.15) is 5.82 Å². The Labute approximate surface area is 191 Å². The highest BCUT2D eigenvalue weighted by molar-refractivity contribution is 7.99. The van der Waals surface area contributed by atoms with Crippen molar-refractivity contribution in [2.75, 3.05) is 45.1 Å². The van der Waals surface area contributed by atoms with Crippen LogP contribution in [0.4, 0.5) is 0 Å². The van der Waals surface area contributed by atoms with Gasteiger partial charge in [-0.2, -0.15) is 4.31 Å². The van der Waals surface area contributed by atoms with Gasteiger partial charge in [-0.3, -0.25) is 4.79 Å². The Morgan fingerprint density at radius 3 is 2.59 bits per heavy atom. The quantitative estimate of drug-likeness (QED) is 0.430. The Hall–Kier alpha value is -2.57. The predicted octanol–water partition coefficient (Wildman–Crippen LogP) is 1.17. The minimum atomic E-state index is -3.69. The Morgan fingerprint density at radius 1 is 1.16 bits per heavy atom. The van der Waals surface area contributed by atoms with Crippen molar-refractivity contribution in [3.05, 3.63) is 36.7 Å². The largest absolute Gasteiger partial charge is 0.486 e. The van der Waals surface area contributed by atoms with Gasteiger partial charge in [-0.15, -0.1) is 16.8 Å². The summed E-state index contributed by atoms with van der Waals surface area (Å²) in [6.45, 7) is 8.13. The van der Waals surface area contributed by atoms with Gasteiger partial charge in [0.1, 0.15) is 19.0 Å². The topological polar surface area (TPSA) is 107 Å². The molecule has 3 heterocycles. The molecule has 1 aromatic carbocycles. The van der Waals surface area contributed by atoms with Crippen LogP contribution in [-0.4, -0.2) is 83.4 Å². The third-order valence-electron chi connectivity index (χ3n) is 5.28. The van der Waals surface area contributed by atoms with Gasteiger partial charge in [0.2, 0.25) is 15.9 Å². The molecule has 2 aromatic rings. The first-order chi connectivity index (χ1) is 15.4.